The van der Waals surface area contributed by atoms with Crippen molar-refractivity contribution < 1.29 is 19.4 Å². The summed E-state index contributed by atoms with van der Waals surface area (Å²) in [6.07, 6.45) is 0. The molecule has 1 aliphatic rings. The van der Waals surface area contributed by atoms with Crippen molar-refractivity contribution >= 4 is 5.97 Å². The molecule has 1 saturated heterocycles. The van der Waals surface area contributed by atoms with Crippen LogP contribution in [0.2, 0.25) is 0 Å². The summed E-state index contributed by atoms with van der Waals surface area (Å²) in [5, 5.41) is 9.07. The summed E-state index contributed by atoms with van der Waals surface area (Å²) in [6, 6.07) is 3.40. The number of hydrogen-bond donors (Lipinski definition) is 1. The fourth-order valence-electron chi connectivity index (χ4n) is 1.92. The van der Waals surface area contributed by atoms with E-state index in [2.05, 4.69) is 9.88 Å². The van der Waals surface area contributed by atoms with Crippen molar-refractivity contribution in [1.82, 2.24) is 9.88 Å². The Balaban J connectivity index is 1.89. The van der Waals surface area contributed by atoms with E-state index in [0.717, 1.165) is 32.8 Å². The van der Waals surface area contributed by atoms with Crippen molar-refractivity contribution in [2.75, 3.05) is 39.5 Å². The molecule has 0 aliphatic carbocycles. The van der Waals surface area contributed by atoms with Gasteiger partial charge in [0.15, 0.2) is 11.4 Å². The Hall–Kier alpha value is -1.66. The largest absolute Gasteiger partial charge is 0.490 e. The minimum Gasteiger partial charge on any atom is -0.490 e. The lowest BCUT2D eigenvalue weighted by molar-refractivity contribution is 0.0321. The third-order valence-corrected chi connectivity index (χ3v) is 2.97. The highest BCUT2D eigenvalue weighted by Gasteiger charge is 2.14. The average Bonchev–Trinajstić information content (AvgIpc) is 2.41. The Labute approximate surface area is 112 Å². The van der Waals surface area contributed by atoms with Crippen molar-refractivity contribution in [3.63, 3.8) is 0 Å². The standard InChI is InChI=1S/C13H18N2O4/c1-10-2-3-11(12(14-10)13(16)17)19-9-6-15-4-7-18-8-5-15/h2-3H,4-9H2,1H3,(H,16,17). The minimum absolute atomic E-state index is 0.0259. The highest BCUT2D eigenvalue weighted by molar-refractivity contribution is 5.88. The Bertz CT molecular complexity index is 444. The highest BCUT2D eigenvalue weighted by Crippen LogP contribution is 2.16. The van der Waals surface area contributed by atoms with Crippen LogP contribution in [0.4, 0.5) is 0 Å². The molecule has 2 heterocycles. The summed E-state index contributed by atoms with van der Waals surface area (Å²) < 4.78 is 10.8. The number of aryl methyl sites for hydroxylation is 1. The van der Waals surface area contributed by atoms with Crippen LogP contribution in [0.3, 0.4) is 0 Å². The Morgan fingerprint density at radius 1 is 1.47 bits per heavy atom. The molecule has 19 heavy (non-hydrogen) atoms. The van der Waals surface area contributed by atoms with Crippen molar-refractivity contribution in [1.29, 1.82) is 0 Å². The number of carboxylic acid groups (broad SMARTS) is 1. The first-order chi connectivity index (χ1) is 9.16. The molecular weight excluding hydrogens is 248 g/mol. The zero-order valence-electron chi connectivity index (χ0n) is 11.0. The molecule has 1 N–H and O–H groups in total. The normalized spacial score (nSPS) is 16.3. The SMILES string of the molecule is Cc1ccc(OCCN2CCOCC2)c(C(=O)O)n1. The van der Waals surface area contributed by atoms with Crippen LogP contribution in [0.5, 0.6) is 5.75 Å². The van der Waals surface area contributed by atoms with E-state index in [-0.39, 0.29) is 5.69 Å². The Morgan fingerprint density at radius 2 is 2.21 bits per heavy atom. The van der Waals surface area contributed by atoms with Crippen molar-refractivity contribution in [3.8, 4) is 5.75 Å². The topological polar surface area (TPSA) is 71.9 Å². The fraction of sp³-hybridized carbons (Fsp3) is 0.538. The van der Waals surface area contributed by atoms with Crippen LogP contribution in [-0.2, 0) is 4.74 Å². The van der Waals surface area contributed by atoms with E-state index < -0.39 is 5.97 Å². The molecule has 1 aromatic heterocycles. The first-order valence-corrected chi connectivity index (χ1v) is 6.30. The first-order valence-electron chi connectivity index (χ1n) is 6.30. The maximum atomic E-state index is 11.1. The van der Waals surface area contributed by atoms with E-state index in [0.29, 0.717) is 18.1 Å². The lowest BCUT2D eigenvalue weighted by atomic mass is 10.3. The fourth-order valence-corrected chi connectivity index (χ4v) is 1.92. The van der Waals surface area contributed by atoms with Crippen LogP contribution in [0.15, 0.2) is 12.1 Å². The van der Waals surface area contributed by atoms with Gasteiger partial charge in [-0.05, 0) is 19.1 Å². The second-order valence-corrected chi connectivity index (χ2v) is 4.41. The quantitative estimate of drug-likeness (QED) is 0.850. The van der Waals surface area contributed by atoms with Crippen molar-refractivity contribution in [3.05, 3.63) is 23.5 Å². The van der Waals surface area contributed by atoms with Gasteiger partial charge in [-0.3, -0.25) is 4.90 Å². The number of nitrogens with zero attached hydrogens (tertiary/aromatic N) is 2. The van der Waals surface area contributed by atoms with E-state index in [1.807, 2.05) is 0 Å². The molecule has 0 unspecified atom stereocenters. The molecule has 104 valence electrons. The average molecular weight is 266 g/mol. The molecule has 0 atom stereocenters. The molecule has 0 aromatic carbocycles. The Morgan fingerprint density at radius 3 is 2.89 bits per heavy atom. The van der Waals surface area contributed by atoms with Crippen molar-refractivity contribution in [2.45, 2.75) is 6.92 Å². The molecule has 0 bridgehead atoms. The maximum Gasteiger partial charge on any atom is 0.358 e. The molecule has 0 amide bonds. The van der Waals surface area contributed by atoms with Gasteiger partial charge < -0.3 is 14.6 Å². The zero-order chi connectivity index (χ0) is 13.7. The monoisotopic (exact) mass is 266 g/mol. The third-order valence-electron chi connectivity index (χ3n) is 2.97. The molecule has 0 saturated carbocycles. The molecule has 1 aromatic rings. The zero-order valence-corrected chi connectivity index (χ0v) is 11.0. The van der Waals surface area contributed by atoms with E-state index in [1.165, 1.54) is 0 Å². The minimum atomic E-state index is -1.06. The van der Waals surface area contributed by atoms with Gasteiger partial charge in [0.1, 0.15) is 6.61 Å². The second kappa shape index (κ2) is 6.49. The molecule has 2 rings (SSSR count). The van der Waals surface area contributed by atoms with E-state index in [4.69, 9.17) is 14.6 Å². The number of carboxylic acids is 1. The van der Waals surface area contributed by atoms with Gasteiger partial charge in [0, 0.05) is 25.3 Å². The van der Waals surface area contributed by atoms with Crippen LogP contribution in [-0.4, -0.2) is 60.4 Å². The smallest absolute Gasteiger partial charge is 0.358 e. The van der Waals surface area contributed by atoms with Crippen LogP contribution < -0.4 is 4.74 Å². The van der Waals surface area contributed by atoms with Crippen molar-refractivity contribution in [2.24, 2.45) is 0 Å². The van der Waals surface area contributed by atoms with Crippen LogP contribution in [0.25, 0.3) is 0 Å². The maximum absolute atomic E-state index is 11.1. The van der Waals surface area contributed by atoms with Gasteiger partial charge >= 0.3 is 5.97 Å². The first kappa shape index (κ1) is 13.8. The van der Waals surface area contributed by atoms with Crippen LogP contribution >= 0.6 is 0 Å². The number of carbonyl (C=O) groups is 1. The van der Waals surface area contributed by atoms with Crippen LogP contribution in [0, 0.1) is 6.92 Å². The van der Waals surface area contributed by atoms with Gasteiger partial charge in [-0.2, -0.15) is 0 Å². The second-order valence-electron chi connectivity index (χ2n) is 4.41. The number of pyridine rings is 1. The summed E-state index contributed by atoms with van der Waals surface area (Å²) in [4.78, 5) is 17.3. The molecule has 0 radical (unpaired) electrons. The summed E-state index contributed by atoms with van der Waals surface area (Å²) in [6.45, 7) is 6.23. The number of aromatic nitrogens is 1. The number of morpholine rings is 1. The van der Waals surface area contributed by atoms with E-state index in [1.54, 1.807) is 19.1 Å². The van der Waals surface area contributed by atoms with Gasteiger partial charge in [-0.1, -0.05) is 0 Å². The molecular formula is C13H18N2O4. The number of rotatable bonds is 5. The van der Waals surface area contributed by atoms with E-state index in [9.17, 15) is 4.79 Å². The molecule has 0 spiro atoms. The lowest BCUT2D eigenvalue weighted by Crippen LogP contribution is -2.38. The highest BCUT2D eigenvalue weighted by atomic mass is 16.5. The molecule has 6 nitrogen and oxygen atoms in total. The van der Waals surface area contributed by atoms with Gasteiger partial charge in [0.05, 0.1) is 13.2 Å². The van der Waals surface area contributed by atoms with Gasteiger partial charge in [-0.25, -0.2) is 9.78 Å². The lowest BCUT2D eigenvalue weighted by Gasteiger charge is -2.26. The summed E-state index contributed by atoms with van der Waals surface area (Å²) >= 11 is 0. The van der Waals surface area contributed by atoms with Crippen LogP contribution in [0.1, 0.15) is 16.2 Å². The molecule has 1 fully saturated rings. The third kappa shape index (κ3) is 3.90. The van der Waals surface area contributed by atoms with Gasteiger partial charge in [-0.15, -0.1) is 0 Å². The molecule has 1 aliphatic heterocycles. The van der Waals surface area contributed by atoms with Gasteiger partial charge in [0.25, 0.3) is 0 Å². The predicted octanol–water partition coefficient (Wildman–Crippen LogP) is 0.799. The molecule has 6 heteroatoms. The van der Waals surface area contributed by atoms with Gasteiger partial charge in [0.2, 0.25) is 0 Å². The predicted molar refractivity (Wildman–Crippen MR) is 68.7 cm³/mol. The van der Waals surface area contributed by atoms with E-state index >= 15 is 0 Å². The number of aromatic carboxylic acids is 1. The Kier molecular flexibility index (Phi) is 4.70. The number of ether oxygens (including phenoxy) is 2. The summed E-state index contributed by atoms with van der Waals surface area (Å²) in [7, 11) is 0. The summed E-state index contributed by atoms with van der Waals surface area (Å²) in [5.74, 6) is -0.739. The summed E-state index contributed by atoms with van der Waals surface area (Å²) in [5.41, 5.74) is 0.639. The number of hydrogen-bond acceptors (Lipinski definition) is 5.